The van der Waals surface area contributed by atoms with Crippen molar-refractivity contribution < 1.29 is 0 Å². The molecule has 0 aliphatic rings. The van der Waals surface area contributed by atoms with Crippen molar-refractivity contribution in [1.82, 2.24) is 0 Å². The lowest BCUT2D eigenvalue weighted by Crippen LogP contribution is -1.56. The minimum absolute atomic E-state index is 0. The van der Waals surface area contributed by atoms with Crippen LogP contribution in [0.3, 0.4) is 0 Å². The van der Waals surface area contributed by atoms with Gasteiger partial charge in [0.1, 0.15) is 0 Å². The molecule has 0 bridgehead atoms. The van der Waals surface area contributed by atoms with E-state index in [2.05, 4.69) is 35.7 Å². The van der Waals surface area contributed by atoms with Crippen molar-refractivity contribution in [3.63, 3.8) is 0 Å². The van der Waals surface area contributed by atoms with E-state index in [-0.39, 0.29) is 13.5 Å². The molecule has 1 aromatic heterocycles. The lowest BCUT2D eigenvalue weighted by Gasteiger charge is -1.82. The number of benzene rings is 1. The standard InChI is InChI=1S/C8H6S.H2S/c1-2-4-8-7(3-1)5-6-9-8;/h1-6H;1H2. The second-order valence-electron chi connectivity index (χ2n) is 1.96. The van der Waals surface area contributed by atoms with Crippen LogP contribution in [0.2, 0.25) is 0 Å². The largest absolute Gasteiger partial charge is 0.197 e. The summed E-state index contributed by atoms with van der Waals surface area (Å²) >= 11 is 1.79. The highest BCUT2D eigenvalue weighted by atomic mass is 32.1. The number of rotatable bonds is 0. The van der Waals surface area contributed by atoms with Gasteiger partial charge < -0.3 is 0 Å². The van der Waals surface area contributed by atoms with Gasteiger partial charge in [0.05, 0.1) is 0 Å². The predicted octanol–water partition coefficient (Wildman–Crippen LogP) is 3.01. The Kier molecular flexibility index (Phi) is 2.35. The fourth-order valence-corrected chi connectivity index (χ4v) is 1.70. The molecule has 2 aromatic rings. The van der Waals surface area contributed by atoms with Gasteiger partial charge in [-0.1, -0.05) is 18.2 Å². The molecule has 0 N–H and O–H groups in total. The van der Waals surface area contributed by atoms with Crippen LogP contribution in [0.15, 0.2) is 35.7 Å². The third-order valence-corrected chi connectivity index (χ3v) is 2.26. The van der Waals surface area contributed by atoms with Crippen LogP contribution in [0.1, 0.15) is 0 Å². The van der Waals surface area contributed by atoms with Gasteiger partial charge in [-0.25, -0.2) is 0 Å². The molecular formula is C8H8S2. The SMILES string of the molecule is S.c1ccc2sccc2c1. The molecule has 52 valence electrons. The first-order chi connectivity index (χ1) is 4.47. The summed E-state index contributed by atoms with van der Waals surface area (Å²) in [7, 11) is 0. The Labute approximate surface area is 70.9 Å². The molecule has 0 saturated heterocycles. The first kappa shape index (κ1) is 7.63. The Morgan fingerprint density at radius 3 is 2.60 bits per heavy atom. The van der Waals surface area contributed by atoms with Gasteiger partial charge in [0.25, 0.3) is 0 Å². The minimum atomic E-state index is 0. The topological polar surface area (TPSA) is 0 Å². The Balaban J connectivity index is 0.000000500. The van der Waals surface area contributed by atoms with E-state index in [1.807, 2.05) is 0 Å². The fraction of sp³-hybridized carbons (Fsp3) is 0. The van der Waals surface area contributed by atoms with E-state index < -0.39 is 0 Å². The van der Waals surface area contributed by atoms with Crippen molar-refractivity contribution in [3.05, 3.63) is 35.7 Å². The zero-order valence-corrected chi connectivity index (χ0v) is 7.19. The van der Waals surface area contributed by atoms with Gasteiger partial charge in [-0.3, -0.25) is 0 Å². The summed E-state index contributed by atoms with van der Waals surface area (Å²) in [6.45, 7) is 0. The number of thiophene rings is 1. The maximum absolute atomic E-state index is 2.14. The zero-order valence-electron chi connectivity index (χ0n) is 5.37. The number of hydrogen-bond donors (Lipinski definition) is 0. The van der Waals surface area contributed by atoms with Gasteiger partial charge in [-0.2, -0.15) is 13.5 Å². The fourth-order valence-electron chi connectivity index (χ4n) is 0.906. The van der Waals surface area contributed by atoms with E-state index in [0.29, 0.717) is 0 Å². The molecule has 0 nitrogen and oxygen atoms in total. The summed E-state index contributed by atoms with van der Waals surface area (Å²) < 4.78 is 1.37. The average molecular weight is 168 g/mol. The number of hydrogen-bond acceptors (Lipinski definition) is 1. The molecule has 0 saturated carbocycles. The van der Waals surface area contributed by atoms with E-state index >= 15 is 0 Å². The molecule has 2 heteroatoms. The summed E-state index contributed by atoms with van der Waals surface area (Å²) in [5.41, 5.74) is 0. The second kappa shape index (κ2) is 3.08. The highest BCUT2D eigenvalue weighted by Gasteiger charge is 1.87. The molecule has 0 unspecified atom stereocenters. The average Bonchev–Trinajstić information content (AvgIpc) is 2.33. The van der Waals surface area contributed by atoms with Crippen molar-refractivity contribution in [2.24, 2.45) is 0 Å². The third kappa shape index (κ3) is 1.18. The van der Waals surface area contributed by atoms with E-state index in [0.717, 1.165) is 0 Å². The maximum Gasteiger partial charge on any atom is 0.0342 e. The second-order valence-corrected chi connectivity index (χ2v) is 2.91. The Hall–Kier alpha value is -0.470. The highest BCUT2D eigenvalue weighted by Crippen LogP contribution is 2.18. The molecule has 2 rings (SSSR count). The summed E-state index contributed by atoms with van der Waals surface area (Å²) in [5, 5.41) is 3.47. The molecule has 1 heterocycles. The van der Waals surface area contributed by atoms with Crippen molar-refractivity contribution in [2.45, 2.75) is 0 Å². The van der Waals surface area contributed by atoms with Crippen LogP contribution < -0.4 is 0 Å². The highest BCUT2D eigenvalue weighted by molar-refractivity contribution is 7.59. The van der Waals surface area contributed by atoms with Crippen molar-refractivity contribution >= 4 is 34.9 Å². The molecule has 0 radical (unpaired) electrons. The van der Waals surface area contributed by atoms with E-state index in [4.69, 9.17) is 0 Å². The lowest BCUT2D eigenvalue weighted by atomic mass is 10.3. The molecule has 0 aliphatic heterocycles. The van der Waals surface area contributed by atoms with Crippen LogP contribution in [-0.2, 0) is 0 Å². The lowest BCUT2D eigenvalue weighted by molar-refractivity contribution is 1.86. The van der Waals surface area contributed by atoms with Crippen molar-refractivity contribution in [2.75, 3.05) is 0 Å². The molecule has 0 aliphatic carbocycles. The maximum atomic E-state index is 2.14. The predicted molar refractivity (Wildman–Crippen MR) is 52.2 cm³/mol. The van der Waals surface area contributed by atoms with Crippen molar-refractivity contribution in [3.8, 4) is 0 Å². The van der Waals surface area contributed by atoms with E-state index in [1.54, 1.807) is 11.3 Å². The van der Waals surface area contributed by atoms with E-state index in [1.165, 1.54) is 10.1 Å². The minimum Gasteiger partial charge on any atom is -0.197 e. The monoisotopic (exact) mass is 168 g/mol. The van der Waals surface area contributed by atoms with Crippen LogP contribution in [0, 0.1) is 0 Å². The van der Waals surface area contributed by atoms with Crippen LogP contribution in [-0.4, -0.2) is 0 Å². The number of fused-ring (bicyclic) bond motifs is 1. The van der Waals surface area contributed by atoms with Crippen LogP contribution >= 0.6 is 24.8 Å². The van der Waals surface area contributed by atoms with Crippen LogP contribution in [0.25, 0.3) is 10.1 Å². The Bertz CT molecular complexity index is 281. The molecule has 0 amide bonds. The molecular weight excluding hydrogens is 160 g/mol. The Morgan fingerprint density at radius 2 is 1.80 bits per heavy atom. The van der Waals surface area contributed by atoms with Gasteiger partial charge in [-0.05, 0) is 22.9 Å². The molecule has 1 aromatic carbocycles. The normalized spacial score (nSPS) is 9.20. The quantitative estimate of drug-likeness (QED) is 0.567. The molecule has 0 spiro atoms. The summed E-state index contributed by atoms with van der Waals surface area (Å²) in [4.78, 5) is 0. The van der Waals surface area contributed by atoms with E-state index in [9.17, 15) is 0 Å². The van der Waals surface area contributed by atoms with Gasteiger partial charge in [0, 0.05) is 4.70 Å². The first-order valence-corrected chi connectivity index (χ1v) is 3.77. The summed E-state index contributed by atoms with van der Waals surface area (Å²) in [6, 6.07) is 10.5. The van der Waals surface area contributed by atoms with Crippen LogP contribution in [0.5, 0.6) is 0 Å². The molecule has 0 fully saturated rings. The van der Waals surface area contributed by atoms with Gasteiger partial charge >= 0.3 is 0 Å². The first-order valence-electron chi connectivity index (χ1n) is 2.89. The van der Waals surface area contributed by atoms with Gasteiger partial charge in [0.2, 0.25) is 0 Å². The summed E-state index contributed by atoms with van der Waals surface area (Å²) in [6.07, 6.45) is 0. The van der Waals surface area contributed by atoms with Gasteiger partial charge in [-0.15, -0.1) is 11.3 Å². The Morgan fingerprint density at radius 1 is 1.00 bits per heavy atom. The molecule has 10 heavy (non-hydrogen) atoms. The smallest absolute Gasteiger partial charge is 0.0342 e. The summed E-state index contributed by atoms with van der Waals surface area (Å²) in [5.74, 6) is 0. The third-order valence-electron chi connectivity index (χ3n) is 1.36. The van der Waals surface area contributed by atoms with Crippen molar-refractivity contribution in [1.29, 1.82) is 0 Å². The van der Waals surface area contributed by atoms with Gasteiger partial charge in [0.15, 0.2) is 0 Å². The molecule has 0 atom stereocenters. The zero-order chi connectivity index (χ0) is 6.10. The van der Waals surface area contributed by atoms with Crippen LogP contribution in [0.4, 0.5) is 0 Å².